The van der Waals surface area contributed by atoms with Crippen LogP contribution in [0.1, 0.15) is 24.7 Å². The van der Waals surface area contributed by atoms with E-state index in [0.717, 1.165) is 28.1 Å². The first kappa shape index (κ1) is 17.2. The molecule has 0 bridgehead atoms. The molecule has 0 saturated heterocycles. The predicted molar refractivity (Wildman–Crippen MR) is 101 cm³/mol. The van der Waals surface area contributed by atoms with Crippen LogP contribution in [-0.4, -0.2) is 21.2 Å². The Labute approximate surface area is 151 Å². The molecule has 5 nitrogen and oxygen atoms in total. The van der Waals surface area contributed by atoms with Crippen LogP contribution in [0.4, 0.5) is 0 Å². The monoisotopic (exact) mass is 354 g/mol. The van der Waals surface area contributed by atoms with Crippen molar-refractivity contribution in [1.29, 1.82) is 0 Å². The Kier molecular flexibility index (Phi) is 5.14. The molecule has 0 radical (unpaired) electrons. The normalized spacial score (nSPS) is 11.7. The molecule has 3 rings (SSSR count). The molecule has 1 N–H and O–H groups in total. The number of rotatable bonds is 5. The van der Waals surface area contributed by atoms with Crippen molar-refractivity contribution < 1.29 is 4.79 Å². The molecule has 0 atom stereocenters. The number of imidazole rings is 1. The van der Waals surface area contributed by atoms with Gasteiger partial charge in [0.05, 0.1) is 16.7 Å². The first-order valence-electron chi connectivity index (χ1n) is 8.11. The van der Waals surface area contributed by atoms with Gasteiger partial charge in [0, 0.05) is 5.02 Å². The molecule has 1 heterocycles. The van der Waals surface area contributed by atoms with E-state index in [2.05, 4.69) is 15.5 Å². The average Bonchev–Trinajstić information content (AvgIpc) is 2.92. The lowest BCUT2D eigenvalue weighted by molar-refractivity contribution is -0.121. The van der Waals surface area contributed by atoms with Crippen molar-refractivity contribution in [3.05, 3.63) is 64.9 Å². The van der Waals surface area contributed by atoms with E-state index in [1.807, 2.05) is 66.9 Å². The predicted octanol–water partition coefficient (Wildman–Crippen LogP) is 3.93. The van der Waals surface area contributed by atoms with Gasteiger partial charge >= 0.3 is 0 Å². The van der Waals surface area contributed by atoms with Crippen molar-refractivity contribution in [3.63, 3.8) is 0 Å². The number of fused-ring (bicyclic) bond motifs is 1. The number of benzene rings is 2. The van der Waals surface area contributed by atoms with Gasteiger partial charge in [-0.25, -0.2) is 10.4 Å². The quantitative estimate of drug-likeness (QED) is 0.557. The van der Waals surface area contributed by atoms with Gasteiger partial charge in [0.15, 0.2) is 0 Å². The maximum Gasteiger partial charge on any atom is 0.260 e. The third-order valence-corrected chi connectivity index (χ3v) is 4.23. The van der Waals surface area contributed by atoms with E-state index >= 15 is 0 Å². The lowest BCUT2D eigenvalue weighted by atomic mass is 10.1. The minimum atomic E-state index is -0.189. The Balaban J connectivity index is 1.75. The molecular weight excluding hydrogens is 336 g/mol. The van der Waals surface area contributed by atoms with Crippen LogP contribution in [0.5, 0.6) is 0 Å². The fourth-order valence-corrected chi connectivity index (χ4v) is 2.82. The van der Waals surface area contributed by atoms with E-state index < -0.39 is 0 Å². The molecule has 1 aromatic heterocycles. The topological polar surface area (TPSA) is 59.3 Å². The fraction of sp³-hybridized carbons (Fsp3) is 0.211. The highest BCUT2D eigenvalue weighted by molar-refractivity contribution is 6.30. The zero-order valence-corrected chi connectivity index (χ0v) is 14.9. The van der Waals surface area contributed by atoms with Crippen LogP contribution in [0.2, 0.25) is 5.02 Å². The number of carbonyl (C=O) groups excluding carboxylic acids is 1. The molecule has 0 aliphatic rings. The molecule has 0 saturated carbocycles. The summed E-state index contributed by atoms with van der Waals surface area (Å²) >= 11 is 5.91. The van der Waals surface area contributed by atoms with Gasteiger partial charge in [-0.2, -0.15) is 5.10 Å². The number of amides is 1. The van der Waals surface area contributed by atoms with Crippen molar-refractivity contribution in [2.24, 2.45) is 5.10 Å². The Morgan fingerprint density at radius 1 is 1.20 bits per heavy atom. The van der Waals surface area contributed by atoms with Crippen LogP contribution in [0.25, 0.3) is 11.0 Å². The molecule has 25 heavy (non-hydrogen) atoms. The summed E-state index contributed by atoms with van der Waals surface area (Å²) in [6, 6.07) is 15.2. The molecule has 0 aliphatic carbocycles. The minimum Gasteiger partial charge on any atom is -0.319 e. The molecule has 2 aromatic carbocycles. The van der Waals surface area contributed by atoms with Crippen molar-refractivity contribution in [2.45, 2.75) is 26.8 Å². The first-order valence-corrected chi connectivity index (χ1v) is 8.49. The van der Waals surface area contributed by atoms with Crippen LogP contribution in [0.15, 0.2) is 53.6 Å². The van der Waals surface area contributed by atoms with Crippen molar-refractivity contribution in [1.82, 2.24) is 15.0 Å². The number of aryl methyl sites for hydroxylation is 1. The van der Waals surface area contributed by atoms with E-state index in [-0.39, 0.29) is 12.5 Å². The highest BCUT2D eigenvalue weighted by Crippen LogP contribution is 2.15. The Hall–Kier alpha value is -2.66. The number of aromatic nitrogens is 2. The van der Waals surface area contributed by atoms with E-state index in [0.29, 0.717) is 11.4 Å². The second kappa shape index (κ2) is 7.49. The van der Waals surface area contributed by atoms with Gasteiger partial charge in [-0.3, -0.25) is 4.79 Å². The second-order valence-electron chi connectivity index (χ2n) is 5.69. The lowest BCUT2D eigenvalue weighted by Gasteiger charge is -2.08. The molecule has 128 valence electrons. The van der Waals surface area contributed by atoms with Gasteiger partial charge in [0.1, 0.15) is 12.4 Å². The summed E-state index contributed by atoms with van der Waals surface area (Å²) in [5.74, 6) is 0.611. The summed E-state index contributed by atoms with van der Waals surface area (Å²) in [5.41, 5.74) is 6.21. The van der Waals surface area contributed by atoms with E-state index in [1.165, 1.54) is 0 Å². The highest BCUT2D eigenvalue weighted by Gasteiger charge is 2.10. The number of para-hydroxylation sites is 2. The smallest absolute Gasteiger partial charge is 0.260 e. The summed E-state index contributed by atoms with van der Waals surface area (Å²) in [7, 11) is 0. The van der Waals surface area contributed by atoms with Crippen LogP contribution in [0, 0.1) is 6.92 Å². The third-order valence-electron chi connectivity index (χ3n) is 3.98. The highest BCUT2D eigenvalue weighted by atomic mass is 35.5. The third kappa shape index (κ3) is 3.88. The Bertz CT molecular complexity index is 928. The van der Waals surface area contributed by atoms with Crippen molar-refractivity contribution >= 4 is 34.3 Å². The zero-order chi connectivity index (χ0) is 17.8. The van der Waals surface area contributed by atoms with Crippen LogP contribution < -0.4 is 5.43 Å². The maximum absolute atomic E-state index is 12.3. The van der Waals surface area contributed by atoms with Crippen molar-refractivity contribution in [2.75, 3.05) is 0 Å². The zero-order valence-electron chi connectivity index (χ0n) is 14.2. The van der Waals surface area contributed by atoms with Crippen LogP contribution >= 0.6 is 11.6 Å². The summed E-state index contributed by atoms with van der Waals surface area (Å²) in [5, 5.41) is 4.94. The van der Waals surface area contributed by atoms with E-state index in [1.54, 1.807) is 0 Å². The van der Waals surface area contributed by atoms with Gasteiger partial charge in [-0.15, -0.1) is 0 Å². The SMILES string of the molecule is CC/C(=N/NC(=O)Cn1c(C)nc2ccccc21)c1ccc(Cl)cc1. The summed E-state index contributed by atoms with van der Waals surface area (Å²) in [6.07, 6.45) is 0.703. The minimum absolute atomic E-state index is 0.174. The van der Waals surface area contributed by atoms with Gasteiger partial charge in [-0.1, -0.05) is 42.8 Å². The molecule has 3 aromatic rings. The Morgan fingerprint density at radius 3 is 2.64 bits per heavy atom. The number of nitrogens with zero attached hydrogens (tertiary/aromatic N) is 3. The number of halogens is 1. The second-order valence-corrected chi connectivity index (χ2v) is 6.12. The molecule has 1 amide bonds. The first-order chi connectivity index (χ1) is 12.1. The number of carbonyl (C=O) groups is 1. The van der Waals surface area contributed by atoms with E-state index in [4.69, 9.17) is 11.6 Å². The van der Waals surface area contributed by atoms with Gasteiger partial charge in [0.25, 0.3) is 5.91 Å². The number of hydrazone groups is 1. The number of hydrogen-bond acceptors (Lipinski definition) is 3. The summed E-state index contributed by atoms with van der Waals surface area (Å²) in [4.78, 5) is 16.8. The number of nitrogens with one attached hydrogen (secondary N) is 1. The van der Waals surface area contributed by atoms with Gasteiger partial charge < -0.3 is 4.57 Å². The van der Waals surface area contributed by atoms with Crippen LogP contribution in [0.3, 0.4) is 0 Å². The molecule has 0 fully saturated rings. The van der Waals surface area contributed by atoms with E-state index in [9.17, 15) is 4.79 Å². The molecule has 0 spiro atoms. The van der Waals surface area contributed by atoms with Gasteiger partial charge in [0.2, 0.25) is 0 Å². The largest absolute Gasteiger partial charge is 0.319 e. The maximum atomic E-state index is 12.3. The van der Waals surface area contributed by atoms with Crippen LogP contribution in [-0.2, 0) is 11.3 Å². The molecule has 6 heteroatoms. The summed E-state index contributed by atoms with van der Waals surface area (Å²) < 4.78 is 1.88. The molecular formula is C19H19ClN4O. The standard InChI is InChI=1S/C19H19ClN4O/c1-3-16(14-8-10-15(20)11-9-14)22-23-19(25)12-24-13(2)21-17-6-4-5-7-18(17)24/h4-11H,3,12H2,1-2H3,(H,23,25)/b22-16-. The Morgan fingerprint density at radius 2 is 1.92 bits per heavy atom. The fourth-order valence-electron chi connectivity index (χ4n) is 2.69. The summed E-state index contributed by atoms with van der Waals surface area (Å²) in [6.45, 7) is 4.06. The average molecular weight is 355 g/mol. The van der Waals surface area contributed by atoms with Gasteiger partial charge in [-0.05, 0) is 43.2 Å². The lowest BCUT2D eigenvalue weighted by Crippen LogP contribution is -2.25. The molecule has 0 aliphatic heterocycles. The molecule has 0 unspecified atom stereocenters. The van der Waals surface area contributed by atoms with Crippen molar-refractivity contribution in [3.8, 4) is 0 Å². The number of hydrogen-bond donors (Lipinski definition) is 1.